The summed E-state index contributed by atoms with van der Waals surface area (Å²) < 4.78 is 27.4. The molecule has 0 radical (unpaired) electrons. The van der Waals surface area contributed by atoms with Crippen LogP contribution in [0.1, 0.15) is 5.56 Å². The summed E-state index contributed by atoms with van der Waals surface area (Å²) in [5, 5.41) is 10.7. The third kappa shape index (κ3) is 3.56. The number of hydrogen-bond acceptors (Lipinski definition) is 5. The number of rotatable bonds is 4. The molecule has 1 N–H and O–H groups in total. The van der Waals surface area contributed by atoms with Gasteiger partial charge in [-0.2, -0.15) is 0 Å². The molecule has 0 atom stereocenters. The topological polar surface area (TPSA) is 102 Å². The van der Waals surface area contributed by atoms with Gasteiger partial charge in [0.25, 0.3) is 15.7 Å². The molecule has 2 aromatic rings. The number of nitro groups is 1. The molecule has 0 fully saturated rings. The Morgan fingerprint density at radius 3 is 2.57 bits per heavy atom. The predicted octanol–water partition coefficient (Wildman–Crippen LogP) is 2.86. The number of pyridine rings is 1. The molecule has 0 aliphatic carbocycles. The summed E-state index contributed by atoms with van der Waals surface area (Å²) in [7, 11) is -3.86. The van der Waals surface area contributed by atoms with Crippen molar-refractivity contribution in [1.29, 1.82) is 0 Å². The van der Waals surface area contributed by atoms with Gasteiger partial charge in [0, 0.05) is 12.1 Å². The number of nitro benzene ring substituents is 1. The number of aryl methyl sites for hydroxylation is 1. The lowest BCUT2D eigenvalue weighted by molar-refractivity contribution is -0.385. The van der Waals surface area contributed by atoms with Crippen molar-refractivity contribution in [2.75, 3.05) is 4.72 Å². The molecule has 0 saturated heterocycles. The van der Waals surface area contributed by atoms with Crippen LogP contribution >= 0.6 is 15.9 Å². The van der Waals surface area contributed by atoms with E-state index in [1.165, 1.54) is 25.1 Å². The van der Waals surface area contributed by atoms with Gasteiger partial charge < -0.3 is 0 Å². The summed E-state index contributed by atoms with van der Waals surface area (Å²) in [6.07, 6.45) is 0. The summed E-state index contributed by atoms with van der Waals surface area (Å²) in [6, 6.07) is 8.36. The van der Waals surface area contributed by atoms with E-state index in [9.17, 15) is 18.5 Å². The minimum absolute atomic E-state index is 0.0325. The Kier molecular flexibility index (Phi) is 4.24. The van der Waals surface area contributed by atoms with Crippen LogP contribution in [-0.4, -0.2) is 18.3 Å². The average molecular weight is 372 g/mol. The number of hydrogen-bond donors (Lipinski definition) is 1. The first kappa shape index (κ1) is 15.4. The van der Waals surface area contributed by atoms with Gasteiger partial charge in [0.05, 0.1) is 9.82 Å². The lowest BCUT2D eigenvalue weighted by atomic mass is 10.2. The maximum Gasteiger partial charge on any atom is 0.269 e. The summed E-state index contributed by atoms with van der Waals surface area (Å²) in [6.45, 7) is 1.50. The maximum atomic E-state index is 12.3. The molecule has 21 heavy (non-hydrogen) atoms. The Morgan fingerprint density at radius 2 is 2.00 bits per heavy atom. The molecular weight excluding hydrogens is 362 g/mol. The second-order valence-electron chi connectivity index (χ2n) is 4.16. The number of halogens is 1. The van der Waals surface area contributed by atoms with Crippen LogP contribution in [-0.2, 0) is 10.0 Å². The molecule has 0 saturated carbocycles. The zero-order valence-electron chi connectivity index (χ0n) is 10.8. The predicted molar refractivity (Wildman–Crippen MR) is 80.6 cm³/mol. The highest BCUT2D eigenvalue weighted by molar-refractivity contribution is 9.10. The summed E-state index contributed by atoms with van der Waals surface area (Å²) in [5.41, 5.74) is 0.124. The largest absolute Gasteiger partial charge is 0.269 e. The third-order valence-corrected chi connectivity index (χ3v) is 4.57. The van der Waals surface area contributed by atoms with E-state index in [-0.39, 0.29) is 22.0 Å². The molecule has 0 aliphatic rings. The van der Waals surface area contributed by atoms with Crippen LogP contribution in [0.5, 0.6) is 0 Å². The highest BCUT2D eigenvalue weighted by Gasteiger charge is 2.19. The van der Waals surface area contributed by atoms with Crippen LogP contribution in [0.25, 0.3) is 0 Å². The number of sulfonamides is 1. The maximum absolute atomic E-state index is 12.3. The summed E-state index contributed by atoms with van der Waals surface area (Å²) >= 11 is 3.14. The smallest absolute Gasteiger partial charge is 0.263 e. The molecule has 7 nitrogen and oxygen atoms in total. The third-order valence-electron chi connectivity index (χ3n) is 2.61. The average Bonchev–Trinajstić information content (AvgIpc) is 2.37. The summed E-state index contributed by atoms with van der Waals surface area (Å²) in [4.78, 5) is 14.0. The van der Waals surface area contributed by atoms with E-state index in [1.54, 1.807) is 12.1 Å². The SMILES string of the molecule is Cc1cc([N+](=O)[O-])ccc1S(=O)(=O)Nc1cccc(Br)n1. The fourth-order valence-electron chi connectivity index (χ4n) is 1.71. The number of nitrogens with one attached hydrogen (secondary N) is 1. The van der Waals surface area contributed by atoms with Crippen molar-refractivity contribution < 1.29 is 13.3 Å². The van der Waals surface area contributed by atoms with E-state index in [4.69, 9.17) is 0 Å². The second kappa shape index (κ2) is 5.78. The molecule has 1 aromatic carbocycles. The Morgan fingerprint density at radius 1 is 1.29 bits per heavy atom. The molecule has 0 unspecified atom stereocenters. The fraction of sp³-hybridized carbons (Fsp3) is 0.0833. The first-order chi connectivity index (χ1) is 9.79. The van der Waals surface area contributed by atoms with Gasteiger partial charge in [-0.1, -0.05) is 6.07 Å². The number of non-ortho nitro benzene ring substituents is 1. The van der Waals surface area contributed by atoms with Crippen molar-refractivity contribution in [2.24, 2.45) is 0 Å². The Balaban J connectivity index is 2.38. The quantitative estimate of drug-likeness (QED) is 0.505. The zero-order chi connectivity index (χ0) is 15.6. The molecule has 0 bridgehead atoms. The zero-order valence-corrected chi connectivity index (χ0v) is 13.2. The Hall–Kier alpha value is -2.00. The highest BCUT2D eigenvalue weighted by Crippen LogP contribution is 2.23. The van der Waals surface area contributed by atoms with Crippen LogP contribution in [0.2, 0.25) is 0 Å². The van der Waals surface area contributed by atoms with Crippen molar-refractivity contribution in [1.82, 2.24) is 4.98 Å². The lowest BCUT2D eigenvalue weighted by Gasteiger charge is -2.09. The van der Waals surface area contributed by atoms with E-state index in [1.807, 2.05) is 0 Å². The highest BCUT2D eigenvalue weighted by atomic mass is 79.9. The van der Waals surface area contributed by atoms with Crippen molar-refractivity contribution >= 4 is 37.5 Å². The van der Waals surface area contributed by atoms with Crippen molar-refractivity contribution in [2.45, 2.75) is 11.8 Å². The molecule has 0 spiro atoms. The second-order valence-corrected chi connectivity index (χ2v) is 6.62. The van der Waals surface area contributed by atoms with Crippen LogP contribution in [0.4, 0.5) is 11.5 Å². The Labute approximate surface area is 129 Å². The van der Waals surface area contributed by atoms with Gasteiger partial charge in [-0.25, -0.2) is 13.4 Å². The van der Waals surface area contributed by atoms with Crippen LogP contribution in [0, 0.1) is 17.0 Å². The number of nitrogens with zero attached hydrogens (tertiary/aromatic N) is 2. The number of anilines is 1. The molecule has 1 aromatic heterocycles. The Bertz CT molecular complexity index is 808. The van der Waals surface area contributed by atoms with Gasteiger partial charge in [0.15, 0.2) is 0 Å². The molecule has 0 amide bonds. The van der Waals surface area contributed by atoms with Crippen LogP contribution in [0.3, 0.4) is 0 Å². The first-order valence-corrected chi connectivity index (χ1v) is 7.97. The fourth-order valence-corrected chi connectivity index (χ4v) is 3.28. The van der Waals surface area contributed by atoms with E-state index in [0.29, 0.717) is 4.60 Å². The number of aromatic nitrogens is 1. The van der Waals surface area contributed by atoms with Gasteiger partial charge in [0.1, 0.15) is 10.4 Å². The van der Waals surface area contributed by atoms with E-state index in [0.717, 1.165) is 6.07 Å². The van der Waals surface area contributed by atoms with Gasteiger partial charge in [0.2, 0.25) is 0 Å². The summed E-state index contributed by atoms with van der Waals surface area (Å²) in [5.74, 6) is 0.155. The molecule has 2 rings (SSSR count). The van der Waals surface area contributed by atoms with Crippen molar-refractivity contribution in [3.05, 3.63) is 56.7 Å². The van der Waals surface area contributed by atoms with Gasteiger partial charge in [-0.15, -0.1) is 0 Å². The van der Waals surface area contributed by atoms with Crippen molar-refractivity contribution in [3.63, 3.8) is 0 Å². The molecule has 9 heteroatoms. The molecule has 1 heterocycles. The van der Waals surface area contributed by atoms with Gasteiger partial charge >= 0.3 is 0 Å². The first-order valence-electron chi connectivity index (χ1n) is 5.70. The van der Waals surface area contributed by atoms with E-state index >= 15 is 0 Å². The lowest BCUT2D eigenvalue weighted by Crippen LogP contribution is -2.15. The van der Waals surface area contributed by atoms with Crippen LogP contribution in [0.15, 0.2) is 45.9 Å². The minimum Gasteiger partial charge on any atom is -0.263 e. The van der Waals surface area contributed by atoms with Crippen molar-refractivity contribution in [3.8, 4) is 0 Å². The monoisotopic (exact) mass is 371 g/mol. The van der Waals surface area contributed by atoms with E-state index < -0.39 is 14.9 Å². The molecule has 110 valence electrons. The van der Waals surface area contributed by atoms with Gasteiger partial charge in [-0.05, 0) is 46.6 Å². The molecular formula is C12H10BrN3O4S. The normalized spacial score (nSPS) is 11.1. The number of benzene rings is 1. The minimum atomic E-state index is -3.86. The van der Waals surface area contributed by atoms with Gasteiger partial charge in [-0.3, -0.25) is 14.8 Å². The standard InChI is InChI=1S/C12H10BrN3O4S/c1-8-7-9(16(17)18)5-6-10(8)21(19,20)15-12-4-2-3-11(13)14-12/h2-7H,1H3,(H,14,15). The molecule has 0 aliphatic heterocycles. The van der Waals surface area contributed by atoms with Crippen LogP contribution < -0.4 is 4.72 Å². The van der Waals surface area contributed by atoms with E-state index in [2.05, 4.69) is 25.6 Å².